The molecule has 3 rings (SSSR count). The molecule has 7 heteroatoms. The standard InChI is InChI=1S/C15H12N4O3/c1-22-15-10(3-2-4-14(15)19(20)21)8-16-12-5-6-13-11(7-12)9-17-18-13/h2-9H,1H3,(H,17,18)/b16-8+. The van der Waals surface area contributed by atoms with Crippen molar-refractivity contribution in [2.75, 3.05) is 7.11 Å². The third-order valence-electron chi connectivity index (χ3n) is 3.20. The third-order valence-corrected chi connectivity index (χ3v) is 3.20. The minimum atomic E-state index is -0.478. The van der Waals surface area contributed by atoms with Gasteiger partial charge in [0.1, 0.15) is 0 Å². The molecule has 0 atom stereocenters. The van der Waals surface area contributed by atoms with Crippen LogP contribution in [0.15, 0.2) is 47.6 Å². The Bertz CT molecular complexity index is 870. The quantitative estimate of drug-likeness (QED) is 0.454. The van der Waals surface area contributed by atoms with Gasteiger partial charge in [0.2, 0.25) is 5.75 Å². The van der Waals surface area contributed by atoms with Crippen LogP contribution in [0.5, 0.6) is 5.75 Å². The zero-order valence-electron chi connectivity index (χ0n) is 11.7. The highest BCUT2D eigenvalue weighted by Crippen LogP contribution is 2.30. The SMILES string of the molecule is COc1c(/C=N/c2ccc3[nH]ncc3c2)cccc1[N+](=O)[O-]. The zero-order valence-corrected chi connectivity index (χ0v) is 11.7. The van der Waals surface area contributed by atoms with Crippen molar-refractivity contribution < 1.29 is 9.66 Å². The lowest BCUT2D eigenvalue weighted by Gasteiger charge is -2.04. The number of ether oxygens (including phenoxy) is 1. The molecule has 1 aromatic heterocycles. The summed E-state index contributed by atoms with van der Waals surface area (Å²) in [5, 5.41) is 18.7. The van der Waals surface area contributed by atoms with Gasteiger partial charge in [0.05, 0.1) is 29.4 Å². The number of para-hydroxylation sites is 1. The highest BCUT2D eigenvalue weighted by Gasteiger charge is 2.16. The van der Waals surface area contributed by atoms with Crippen molar-refractivity contribution >= 4 is 28.5 Å². The van der Waals surface area contributed by atoms with Crippen LogP contribution in [0.1, 0.15) is 5.56 Å². The van der Waals surface area contributed by atoms with E-state index in [2.05, 4.69) is 15.2 Å². The van der Waals surface area contributed by atoms with Gasteiger partial charge in [-0.3, -0.25) is 20.2 Å². The molecule has 1 heterocycles. The summed E-state index contributed by atoms with van der Waals surface area (Å²) in [4.78, 5) is 14.9. The molecule has 22 heavy (non-hydrogen) atoms. The summed E-state index contributed by atoms with van der Waals surface area (Å²) in [6.07, 6.45) is 3.26. The van der Waals surface area contributed by atoms with Crippen molar-refractivity contribution in [1.82, 2.24) is 10.2 Å². The summed E-state index contributed by atoms with van der Waals surface area (Å²) in [5.74, 6) is 0.195. The number of nitrogens with zero attached hydrogens (tertiary/aromatic N) is 3. The van der Waals surface area contributed by atoms with E-state index in [0.717, 1.165) is 16.6 Å². The van der Waals surface area contributed by atoms with Gasteiger partial charge in [-0.15, -0.1) is 0 Å². The van der Waals surface area contributed by atoms with E-state index in [-0.39, 0.29) is 11.4 Å². The molecule has 0 fully saturated rings. The minimum Gasteiger partial charge on any atom is -0.490 e. The normalized spacial score (nSPS) is 11.1. The molecule has 0 aliphatic rings. The third kappa shape index (κ3) is 2.51. The monoisotopic (exact) mass is 296 g/mol. The summed E-state index contributed by atoms with van der Waals surface area (Å²) in [5.41, 5.74) is 2.11. The Kier molecular flexibility index (Phi) is 3.53. The van der Waals surface area contributed by atoms with E-state index < -0.39 is 4.92 Å². The van der Waals surface area contributed by atoms with Crippen LogP contribution in [0.25, 0.3) is 10.9 Å². The van der Waals surface area contributed by atoms with Crippen LogP contribution in [0.4, 0.5) is 11.4 Å². The number of rotatable bonds is 4. The molecule has 7 nitrogen and oxygen atoms in total. The first-order chi connectivity index (χ1) is 10.7. The van der Waals surface area contributed by atoms with Crippen LogP contribution >= 0.6 is 0 Å². The second-order valence-corrected chi connectivity index (χ2v) is 4.56. The van der Waals surface area contributed by atoms with Crippen molar-refractivity contribution in [1.29, 1.82) is 0 Å². The minimum absolute atomic E-state index is 0.0864. The zero-order chi connectivity index (χ0) is 15.5. The van der Waals surface area contributed by atoms with Crippen LogP contribution in [-0.2, 0) is 0 Å². The van der Waals surface area contributed by atoms with E-state index in [9.17, 15) is 10.1 Å². The van der Waals surface area contributed by atoms with Gasteiger partial charge in [-0.2, -0.15) is 5.10 Å². The Labute approximate surface area is 125 Å². The van der Waals surface area contributed by atoms with E-state index in [4.69, 9.17) is 4.74 Å². The van der Waals surface area contributed by atoms with E-state index in [1.165, 1.54) is 13.2 Å². The number of aliphatic imine (C=N–C) groups is 1. The molecule has 0 spiro atoms. The molecule has 3 aromatic rings. The highest BCUT2D eigenvalue weighted by molar-refractivity contribution is 5.89. The predicted molar refractivity (Wildman–Crippen MR) is 83.0 cm³/mol. The number of nitro groups is 1. The molecule has 0 saturated heterocycles. The maximum absolute atomic E-state index is 11.0. The van der Waals surface area contributed by atoms with Crippen LogP contribution in [-0.4, -0.2) is 28.4 Å². The second kappa shape index (κ2) is 5.65. The van der Waals surface area contributed by atoms with E-state index >= 15 is 0 Å². The van der Waals surface area contributed by atoms with Gasteiger partial charge in [0, 0.05) is 23.2 Å². The number of methoxy groups -OCH3 is 1. The van der Waals surface area contributed by atoms with Gasteiger partial charge in [0.15, 0.2) is 0 Å². The second-order valence-electron chi connectivity index (χ2n) is 4.56. The summed E-state index contributed by atoms with van der Waals surface area (Å²) in [6, 6.07) is 10.3. The summed E-state index contributed by atoms with van der Waals surface area (Å²) >= 11 is 0. The molecule has 0 bridgehead atoms. The van der Waals surface area contributed by atoms with Crippen LogP contribution in [0, 0.1) is 10.1 Å². The van der Waals surface area contributed by atoms with Gasteiger partial charge < -0.3 is 4.74 Å². The summed E-state index contributed by atoms with van der Waals surface area (Å²) in [6.45, 7) is 0. The molecular weight excluding hydrogens is 284 g/mol. The van der Waals surface area contributed by atoms with Crippen LogP contribution in [0.3, 0.4) is 0 Å². The number of aromatic amines is 1. The number of aromatic nitrogens is 2. The highest BCUT2D eigenvalue weighted by atomic mass is 16.6. The van der Waals surface area contributed by atoms with Crippen molar-refractivity contribution in [2.24, 2.45) is 4.99 Å². The van der Waals surface area contributed by atoms with Crippen LogP contribution < -0.4 is 4.74 Å². The van der Waals surface area contributed by atoms with Gasteiger partial charge in [0.25, 0.3) is 0 Å². The van der Waals surface area contributed by atoms with Gasteiger partial charge >= 0.3 is 5.69 Å². The van der Waals surface area contributed by atoms with E-state index in [1.54, 1.807) is 24.5 Å². The average molecular weight is 296 g/mol. The van der Waals surface area contributed by atoms with Crippen molar-refractivity contribution in [3.8, 4) is 5.75 Å². The van der Waals surface area contributed by atoms with Gasteiger partial charge in [-0.05, 0) is 24.3 Å². The molecule has 0 radical (unpaired) electrons. The smallest absolute Gasteiger partial charge is 0.311 e. The number of hydrogen-bond acceptors (Lipinski definition) is 5. The van der Waals surface area contributed by atoms with Gasteiger partial charge in [-0.25, -0.2) is 0 Å². The Balaban J connectivity index is 1.98. The lowest BCUT2D eigenvalue weighted by Crippen LogP contribution is -1.97. The molecule has 1 N–H and O–H groups in total. The fourth-order valence-electron chi connectivity index (χ4n) is 2.16. The predicted octanol–water partition coefficient (Wildman–Crippen LogP) is 3.23. The Morgan fingerprint density at radius 2 is 2.23 bits per heavy atom. The van der Waals surface area contributed by atoms with Gasteiger partial charge in [-0.1, -0.05) is 6.07 Å². The first-order valence-corrected chi connectivity index (χ1v) is 6.47. The van der Waals surface area contributed by atoms with Crippen molar-refractivity contribution in [3.63, 3.8) is 0 Å². The fourth-order valence-corrected chi connectivity index (χ4v) is 2.16. The molecule has 0 saturated carbocycles. The molecule has 0 aliphatic carbocycles. The number of nitrogens with one attached hydrogen (secondary N) is 1. The molecule has 0 aliphatic heterocycles. The summed E-state index contributed by atoms with van der Waals surface area (Å²) in [7, 11) is 1.40. The maximum Gasteiger partial charge on any atom is 0.311 e. The summed E-state index contributed by atoms with van der Waals surface area (Å²) < 4.78 is 5.14. The molecule has 110 valence electrons. The average Bonchev–Trinajstić information content (AvgIpc) is 2.99. The first-order valence-electron chi connectivity index (χ1n) is 6.47. The molecule has 0 unspecified atom stereocenters. The maximum atomic E-state index is 11.0. The molecule has 0 amide bonds. The topological polar surface area (TPSA) is 93.4 Å². The molecular formula is C15H12N4O3. The number of H-pyrrole nitrogens is 1. The Morgan fingerprint density at radius 1 is 1.36 bits per heavy atom. The van der Waals surface area contributed by atoms with E-state index in [0.29, 0.717) is 5.56 Å². The molecule has 2 aromatic carbocycles. The van der Waals surface area contributed by atoms with E-state index in [1.807, 2.05) is 18.2 Å². The number of benzene rings is 2. The Morgan fingerprint density at radius 3 is 3.00 bits per heavy atom. The lowest BCUT2D eigenvalue weighted by molar-refractivity contribution is -0.385. The lowest BCUT2D eigenvalue weighted by atomic mass is 10.2. The van der Waals surface area contributed by atoms with Crippen molar-refractivity contribution in [2.45, 2.75) is 0 Å². The fraction of sp³-hybridized carbons (Fsp3) is 0.0667. The number of nitro benzene ring substituents is 1. The first kappa shape index (κ1) is 13.7. The Hall–Kier alpha value is -3.22. The number of hydrogen-bond donors (Lipinski definition) is 1. The number of fused-ring (bicyclic) bond motifs is 1. The van der Waals surface area contributed by atoms with Crippen molar-refractivity contribution in [3.05, 3.63) is 58.3 Å². The van der Waals surface area contributed by atoms with Crippen LogP contribution in [0.2, 0.25) is 0 Å². The largest absolute Gasteiger partial charge is 0.490 e.